The number of halogens is 2. The van der Waals surface area contributed by atoms with Crippen LogP contribution in [0.3, 0.4) is 0 Å². The minimum Gasteiger partial charge on any atom is -0.315 e. The first-order valence-corrected chi connectivity index (χ1v) is 5.11. The topological polar surface area (TPSA) is 29.1 Å². The number of nitrogens with one attached hydrogen (secondary N) is 1. The van der Waals surface area contributed by atoms with Gasteiger partial charge in [-0.05, 0) is 25.1 Å². The predicted octanol–water partition coefficient (Wildman–Crippen LogP) is 2.27. The highest BCUT2D eigenvalue weighted by atomic mass is 35.5. The fourth-order valence-corrected chi connectivity index (χ4v) is 1.82. The van der Waals surface area contributed by atoms with Crippen molar-refractivity contribution in [3.05, 3.63) is 34.6 Å². The summed E-state index contributed by atoms with van der Waals surface area (Å²) in [6.45, 7) is 3.04. The third-order valence-electron chi connectivity index (χ3n) is 2.75. The molecule has 1 heterocycles. The number of benzene rings is 1. The summed E-state index contributed by atoms with van der Waals surface area (Å²) < 4.78 is 13.5. The molecule has 1 fully saturated rings. The second-order valence-electron chi connectivity index (χ2n) is 4.12. The Morgan fingerprint density at radius 3 is 2.67 bits per heavy atom. The third kappa shape index (κ3) is 1.77. The van der Waals surface area contributed by atoms with Crippen molar-refractivity contribution in [1.82, 2.24) is 5.32 Å². The molecule has 0 aliphatic carbocycles. The lowest BCUT2D eigenvalue weighted by Crippen LogP contribution is -2.56. The van der Waals surface area contributed by atoms with E-state index in [9.17, 15) is 9.18 Å². The van der Waals surface area contributed by atoms with Gasteiger partial charge >= 0.3 is 0 Å². The lowest BCUT2D eigenvalue weighted by atomic mass is 9.77. The van der Waals surface area contributed by atoms with Gasteiger partial charge in [0.25, 0.3) is 0 Å². The Hall–Kier alpha value is -0.930. The lowest BCUT2D eigenvalue weighted by Gasteiger charge is -2.37. The number of rotatable bonds is 2. The number of ketones is 1. The molecule has 0 saturated carbocycles. The molecule has 4 heteroatoms. The molecule has 0 atom stereocenters. The van der Waals surface area contributed by atoms with Gasteiger partial charge in [-0.15, -0.1) is 0 Å². The van der Waals surface area contributed by atoms with Gasteiger partial charge in [-0.1, -0.05) is 11.6 Å². The van der Waals surface area contributed by atoms with Crippen LogP contribution in [0.25, 0.3) is 0 Å². The second kappa shape index (κ2) is 3.58. The molecule has 0 amide bonds. The molecule has 1 aromatic rings. The summed E-state index contributed by atoms with van der Waals surface area (Å²) in [6, 6.07) is 4.15. The minimum absolute atomic E-state index is 0.128. The van der Waals surface area contributed by atoms with Crippen LogP contribution in [-0.2, 0) is 0 Å². The molecule has 0 unspecified atom stereocenters. The van der Waals surface area contributed by atoms with Crippen LogP contribution in [-0.4, -0.2) is 18.9 Å². The van der Waals surface area contributed by atoms with Crippen LogP contribution < -0.4 is 5.32 Å². The van der Waals surface area contributed by atoms with Crippen LogP contribution in [0.2, 0.25) is 5.02 Å². The van der Waals surface area contributed by atoms with Crippen LogP contribution >= 0.6 is 11.6 Å². The van der Waals surface area contributed by atoms with Gasteiger partial charge in [-0.3, -0.25) is 4.79 Å². The van der Waals surface area contributed by atoms with Crippen LogP contribution in [0.1, 0.15) is 17.3 Å². The van der Waals surface area contributed by atoms with E-state index in [-0.39, 0.29) is 11.3 Å². The van der Waals surface area contributed by atoms with Crippen molar-refractivity contribution < 1.29 is 9.18 Å². The summed E-state index contributed by atoms with van der Waals surface area (Å²) in [5, 5.41) is 3.32. The van der Waals surface area contributed by atoms with E-state index in [0.717, 1.165) is 0 Å². The molecule has 15 heavy (non-hydrogen) atoms. The Kier molecular flexibility index (Phi) is 2.52. The summed E-state index contributed by atoms with van der Waals surface area (Å²) >= 11 is 5.62. The van der Waals surface area contributed by atoms with Crippen molar-refractivity contribution in [2.45, 2.75) is 6.92 Å². The van der Waals surface area contributed by atoms with Gasteiger partial charge in [-0.25, -0.2) is 4.39 Å². The summed E-state index contributed by atoms with van der Waals surface area (Å²) in [7, 11) is 0. The quantitative estimate of drug-likeness (QED) is 0.786. The van der Waals surface area contributed by atoms with Crippen molar-refractivity contribution in [3.8, 4) is 0 Å². The van der Waals surface area contributed by atoms with E-state index >= 15 is 0 Å². The molecule has 1 aliphatic heterocycles. The smallest absolute Gasteiger partial charge is 0.174 e. The fraction of sp³-hybridized carbons (Fsp3) is 0.364. The van der Waals surface area contributed by atoms with Gasteiger partial charge < -0.3 is 5.32 Å². The molecule has 1 N–H and O–H groups in total. The maximum atomic E-state index is 13.5. The molecule has 1 aromatic carbocycles. The molecule has 2 rings (SSSR count). The van der Waals surface area contributed by atoms with E-state index in [1.807, 2.05) is 6.92 Å². The first-order valence-electron chi connectivity index (χ1n) is 4.73. The molecular formula is C11H11ClFNO. The highest BCUT2D eigenvalue weighted by Crippen LogP contribution is 2.28. The number of carbonyl (C=O) groups is 1. The van der Waals surface area contributed by atoms with Gasteiger partial charge in [0.15, 0.2) is 5.78 Å². The van der Waals surface area contributed by atoms with E-state index < -0.39 is 11.2 Å². The normalized spacial score (nSPS) is 18.3. The molecule has 0 radical (unpaired) electrons. The van der Waals surface area contributed by atoms with Gasteiger partial charge in [-0.2, -0.15) is 0 Å². The Morgan fingerprint density at radius 1 is 1.53 bits per heavy atom. The maximum Gasteiger partial charge on any atom is 0.174 e. The minimum atomic E-state index is -0.541. The molecule has 1 saturated heterocycles. The molecule has 80 valence electrons. The SMILES string of the molecule is CC1(C(=O)c2ccc(Cl)cc2F)CNC1. The van der Waals surface area contributed by atoms with E-state index in [0.29, 0.717) is 18.1 Å². The van der Waals surface area contributed by atoms with Crippen molar-refractivity contribution >= 4 is 17.4 Å². The standard InChI is InChI=1S/C11H11ClFNO/c1-11(5-14-6-11)10(15)8-3-2-7(12)4-9(8)13/h2-4,14H,5-6H2,1H3. The molecule has 0 aromatic heterocycles. The Labute approximate surface area is 92.4 Å². The largest absolute Gasteiger partial charge is 0.315 e. The summed E-state index contributed by atoms with van der Waals surface area (Å²) in [5.74, 6) is -0.698. The molecule has 0 spiro atoms. The number of hydrogen-bond acceptors (Lipinski definition) is 2. The average Bonchev–Trinajstić information content (AvgIpc) is 2.13. The predicted molar refractivity (Wildman–Crippen MR) is 56.7 cm³/mol. The summed E-state index contributed by atoms with van der Waals surface area (Å²) in [5.41, 5.74) is -0.335. The van der Waals surface area contributed by atoms with Gasteiger partial charge in [0, 0.05) is 18.1 Å². The van der Waals surface area contributed by atoms with Crippen LogP contribution in [0.15, 0.2) is 18.2 Å². The van der Waals surface area contributed by atoms with E-state index in [1.165, 1.54) is 18.2 Å². The zero-order valence-corrected chi connectivity index (χ0v) is 9.07. The molecular weight excluding hydrogens is 217 g/mol. The monoisotopic (exact) mass is 227 g/mol. The maximum absolute atomic E-state index is 13.5. The van der Waals surface area contributed by atoms with Crippen molar-refractivity contribution in [2.24, 2.45) is 5.41 Å². The van der Waals surface area contributed by atoms with E-state index in [2.05, 4.69) is 5.32 Å². The number of hydrogen-bond donors (Lipinski definition) is 1. The van der Waals surface area contributed by atoms with Gasteiger partial charge in [0.1, 0.15) is 5.82 Å². The van der Waals surface area contributed by atoms with E-state index in [4.69, 9.17) is 11.6 Å². The van der Waals surface area contributed by atoms with Crippen LogP contribution in [0.5, 0.6) is 0 Å². The highest BCUT2D eigenvalue weighted by Gasteiger charge is 2.40. The van der Waals surface area contributed by atoms with Crippen LogP contribution in [0, 0.1) is 11.2 Å². The first-order chi connectivity index (χ1) is 7.03. The third-order valence-corrected chi connectivity index (χ3v) is 2.99. The number of Topliss-reactive ketones (excluding diaryl/α,β-unsaturated/α-hetero) is 1. The van der Waals surface area contributed by atoms with Gasteiger partial charge in [0.2, 0.25) is 0 Å². The summed E-state index contributed by atoms with van der Waals surface area (Å²) in [4.78, 5) is 12.0. The zero-order valence-electron chi connectivity index (χ0n) is 8.31. The Morgan fingerprint density at radius 2 is 2.20 bits per heavy atom. The zero-order chi connectivity index (χ0) is 11.1. The van der Waals surface area contributed by atoms with E-state index in [1.54, 1.807) is 0 Å². The van der Waals surface area contributed by atoms with Crippen molar-refractivity contribution in [1.29, 1.82) is 0 Å². The Bertz CT molecular complexity index is 415. The molecule has 0 bridgehead atoms. The number of carbonyl (C=O) groups excluding carboxylic acids is 1. The van der Waals surface area contributed by atoms with Crippen LogP contribution in [0.4, 0.5) is 4.39 Å². The summed E-state index contributed by atoms with van der Waals surface area (Å²) in [6.07, 6.45) is 0. The van der Waals surface area contributed by atoms with Crippen molar-refractivity contribution in [3.63, 3.8) is 0 Å². The Balaban J connectivity index is 2.33. The lowest BCUT2D eigenvalue weighted by molar-refractivity contribution is 0.0717. The van der Waals surface area contributed by atoms with Gasteiger partial charge in [0.05, 0.1) is 11.0 Å². The fourth-order valence-electron chi connectivity index (χ4n) is 1.66. The highest BCUT2D eigenvalue weighted by molar-refractivity contribution is 6.30. The average molecular weight is 228 g/mol. The molecule has 1 aliphatic rings. The van der Waals surface area contributed by atoms with Crippen molar-refractivity contribution in [2.75, 3.05) is 13.1 Å². The molecule has 2 nitrogen and oxygen atoms in total. The first kappa shape index (κ1) is 10.6. The second-order valence-corrected chi connectivity index (χ2v) is 4.55.